The first-order chi connectivity index (χ1) is 10.1. The SMILES string of the molecule is C=CCN(CCC)S(=O)(=O)c1c(CO)sc2ccccc12. The average Bonchev–Trinajstić information content (AvgIpc) is 2.86. The van der Waals surface area contributed by atoms with E-state index >= 15 is 0 Å². The van der Waals surface area contributed by atoms with E-state index in [0.29, 0.717) is 16.8 Å². The van der Waals surface area contributed by atoms with Crippen molar-refractivity contribution in [2.24, 2.45) is 0 Å². The number of fused-ring (bicyclic) bond motifs is 1. The van der Waals surface area contributed by atoms with Crippen LogP contribution in [0.2, 0.25) is 0 Å². The smallest absolute Gasteiger partial charge is 0.245 e. The highest BCUT2D eigenvalue weighted by Crippen LogP contribution is 2.36. The molecule has 6 heteroatoms. The van der Waals surface area contributed by atoms with Crippen molar-refractivity contribution in [1.82, 2.24) is 4.31 Å². The predicted molar refractivity (Wildman–Crippen MR) is 87.0 cm³/mol. The third kappa shape index (κ3) is 3.03. The third-order valence-electron chi connectivity index (χ3n) is 3.17. The number of aliphatic hydroxyl groups is 1. The summed E-state index contributed by atoms with van der Waals surface area (Å²) in [5.41, 5.74) is 0. The molecule has 0 spiro atoms. The highest BCUT2D eigenvalue weighted by atomic mass is 32.2. The lowest BCUT2D eigenvalue weighted by Crippen LogP contribution is -2.32. The molecule has 0 unspecified atom stereocenters. The molecule has 1 aromatic carbocycles. The van der Waals surface area contributed by atoms with E-state index in [-0.39, 0.29) is 18.0 Å². The van der Waals surface area contributed by atoms with Crippen LogP contribution in [0, 0.1) is 0 Å². The van der Waals surface area contributed by atoms with Crippen LogP contribution in [0.15, 0.2) is 41.8 Å². The molecule has 0 atom stereocenters. The van der Waals surface area contributed by atoms with Crippen LogP contribution in [-0.4, -0.2) is 30.9 Å². The Morgan fingerprint density at radius 3 is 2.71 bits per heavy atom. The van der Waals surface area contributed by atoms with E-state index in [1.165, 1.54) is 15.6 Å². The average molecular weight is 325 g/mol. The van der Waals surface area contributed by atoms with Gasteiger partial charge in [-0.25, -0.2) is 8.42 Å². The fourth-order valence-electron chi connectivity index (χ4n) is 2.29. The third-order valence-corrected chi connectivity index (χ3v) is 6.44. The van der Waals surface area contributed by atoms with Gasteiger partial charge < -0.3 is 5.11 Å². The molecule has 0 aliphatic carbocycles. The van der Waals surface area contributed by atoms with Crippen LogP contribution in [0.5, 0.6) is 0 Å². The van der Waals surface area contributed by atoms with Gasteiger partial charge in [-0.3, -0.25) is 0 Å². The van der Waals surface area contributed by atoms with Gasteiger partial charge in [0.25, 0.3) is 0 Å². The van der Waals surface area contributed by atoms with Crippen LogP contribution in [0.4, 0.5) is 0 Å². The minimum Gasteiger partial charge on any atom is -0.391 e. The van der Waals surface area contributed by atoms with Crippen molar-refractivity contribution >= 4 is 31.4 Å². The second-order valence-corrected chi connectivity index (χ2v) is 7.67. The summed E-state index contributed by atoms with van der Waals surface area (Å²) in [5.74, 6) is 0. The fraction of sp³-hybridized carbons (Fsp3) is 0.333. The van der Waals surface area contributed by atoms with Crippen LogP contribution < -0.4 is 0 Å². The van der Waals surface area contributed by atoms with Crippen LogP contribution >= 0.6 is 11.3 Å². The first kappa shape index (κ1) is 16.2. The summed E-state index contributed by atoms with van der Waals surface area (Å²) >= 11 is 1.32. The van der Waals surface area contributed by atoms with Gasteiger partial charge in [-0.15, -0.1) is 17.9 Å². The molecular formula is C15H19NO3S2. The number of aliphatic hydroxyl groups excluding tert-OH is 1. The van der Waals surface area contributed by atoms with E-state index in [4.69, 9.17) is 0 Å². The van der Waals surface area contributed by atoms with Crippen LogP contribution in [0.1, 0.15) is 18.2 Å². The largest absolute Gasteiger partial charge is 0.391 e. The first-order valence-electron chi connectivity index (χ1n) is 6.78. The molecule has 0 fully saturated rings. The van der Waals surface area contributed by atoms with Gasteiger partial charge in [0.05, 0.1) is 11.5 Å². The maximum absolute atomic E-state index is 12.9. The molecule has 1 heterocycles. The van der Waals surface area contributed by atoms with Crippen molar-refractivity contribution in [2.75, 3.05) is 13.1 Å². The Bertz CT molecular complexity index is 734. The molecule has 21 heavy (non-hydrogen) atoms. The van der Waals surface area contributed by atoms with Gasteiger partial charge in [-0.1, -0.05) is 31.2 Å². The van der Waals surface area contributed by atoms with E-state index in [0.717, 1.165) is 11.1 Å². The van der Waals surface area contributed by atoms with Crippen molar-refractivity contribution in [3.8, 4) is 0 Å². The zero-order chi connectivity index (χ0) is 15.5. The maximum atomic E-state index is 12.9. The second kappa shape index (κ2) is 6.70. The molecular weight excluding hydrogens is 306 g/mol. The van der Waals surface area contributed by atoms with Gasteiger partial charge in [0.2, 0.25) is 10.0 Å². The molecule has 0 bridgehead atoms. The first-order valence-corrected chi connectivity index (χ1v) is 9.04. The van der Waals surface area contributed by atoms with Crippen LogP contribution in [0.25, 0.3) is 10.1 Å². The number of hydrogen-bond donors (Lipinski definition) is 1. The van der Waals surface area contributed by atoms with E-state index < -0.39 is 10.0 Å². The Labute approximate surface area is 129 Å². The molecule has 1 aromatic heterocycles. The molecule has 0 radical (unpaired) electrons. The van der Waals surface area contributed by atoms with Crippen molar-refractivity contribution in [1.29, 1.82) is 0 Å². The van der Waals surface area contributed by atoms with Gasteiger partial charge in [-0.05, 0) is 12.5 Å². The quantitative estimate of drug-likeness (QED) is 0.796. The van der Waals surface area contributed by atoms with Crippen molar-refractivity contribution < 1.29 is 13.5 Å². The molecule has 2 rings (SSSR count). The predicted octanol–water partition coefficient (Wildman–Crippen LogP) is 2.98. The molecule has 114 valence electrons. The Morgan fingerprint density at radius 1 is 1.38 bits per heavy atom. The highest BCUT2D eigenvalue weighted by molar-refractivity contribution is 7.89. The van der Waals surface area contributed by atoms with E-state index in [2.05, 4.69) is 6.58 Å². The zero-order valence-electron chi connectivity index (χ0n) is 11.9. The van der Waals surface area contributed by atoms with E-state index in [1.807, 2.05) is 25.1 Å². The maximum Gasteiger partial charge on any atom is 0.245 e. The molecule has 1 N–H and O–H groups in total. The summed E-state index contributed by atoms with van der Waals surface area (Å²) in [7, 11) is -3.64. The standard InChI is InChI=1S/C15H19NO3S2/c1-3-9-16(10-4-2)21(18,19)15-12-7-5-6-8-13(12)20-14(15)11-17/h3,5-8,17H,1,4,9-11H2,2H3. The molecule has 0 aliphatic rings. The lowest BCUT2D eigenvalue weighted by Gasteiger charge is -2.20. The lowest BCUT2D eigenvalue weighted by molar-refractivity contribution is 0.282. The van der Waals surface area contributed by atoms with E-state index in [9.17, 15) is 13.5 Å². The Morgan fingerprint density at radius 2 is 2.10 bits per heavy atom. The minimum absolute atomic E-state index is 0.237. The molecule has 0 amide bonds. The van der Waals surface area contributed by atoms with Crippen molar-refractivity contribution in [3.63, 3.8) is 0 Å². The zero-order valence-corrected chi connectivity index (χ0v) is 13.6. The molecule has 4 nitrogen and oxygen atoms in total. The normalized spacial score (nSPS) is 12.1. The summed E-state index contributed by atoms with van der Waals surface area (Å²) in [6, 6.07) is 7.34. The molecule has 0 saturated carbocycles. The van der Waals surface area contributed by atoms with E-state index in [1.54, 1.807) is 12.1 Å². The second-order valence-electron chi connectivity index (χ2n) is 4.66. The minimum atomic E-state index is -3.64. The number of sulfonamides is 1. The Hall–Kier alpha value is -1.21. The van der Waals surface area contributed by atoms with Crippen molar-refractivity contribution in [2.45, 2.75) is 24.8 Å². The number of rotatable bonds is 7. The summed E-state index contributed by atoms with van der Waals surface area (Å²) in [6.07, 6.45) is 2.31. The Kier molecular flexibility index (Phi) is 5.16. The van der Waals surface area contributed by atoms with Gasteiger partial charge in [0, 0.05) is 23.2 Å². The topological polar surface area (TPSA) is 57.6 Å². The summed E-state index contributed by atoms with van der Waals surface area (Å²) in [6.45, 7) is 5.99. The summed E-state index contributed by atoms with van der Waals surface area (Å²) in [5, 5.41) is 10.2. The Balaban J connectivity index is 2.65. The van der Waals surface area contributed by atoms with Gasteiger partial charge in [0.15, 0.2) is 0 Å². The summed E-state index contributed by atoms with van der Waals surface area (Å²) < 4.78 is 28.2. The van der Waals surface area contributed by atoms with Gasteiger partial charge in [0.1, 0.15) is 4.90 Å². The fourth-order valence-corrected chi connectivity index (χ4v) is 5.55. The summed E-state index contributed by atoms with van der Waals surface area (Å²) in [4.78, 5) is 0.724. The number of hydrogen-bond acceptors (Lipinski definition) is 4. The highest BCUT2D eigenvalue weighted by Gasteiger charge is 2.29. The van der Waals surface area contributed by atoms with Crippen molar-refractivity contribution in [3.05, 3.63) is 41.8 Å². The van der Waals surface area contributed by atoms with Gasteiger partial charge in [-0.2, -0.15) is 4.31 Å². The molecule has 2 aromatic rings. The lowest BCUT2D eigenvalue weighted by atomic mass is 10.2. The molecule has 0 saturated heterocycles. The number of nitrogens with zero attached hydrogens (tertiary/aromatic N) is 1. The van der Waals surface area contributed by atoms with Gasteiger partial charge >= 0.3 is 0 Å². The monoisotopic (exact) mass is 325 g/mol. The molecule has 0 aliphatic heterocycles. The number of benzene rings is 1. The number of thiophene rings is 1. The van der Waals surface area contributed by atoms with Crippen LogP contribution in [-0.2, 0) is 16.6 Å². The van der Waals surface area contributed by atoms with Crippen LogP contribution in [0.3, 0.4) is 0 Å².